The summed E-state index contributed by atoms with van der Waals surface area (Å²) >= 11 is 0. The van der Waals surface area contributed by atoms with Gasteiger partial charge in [0.2, 0.25) is 5.82 Å². The van der Waals surface area contributed by atoms with Crippen LogP contribution in [0.2, 0.25) is 0 Å². The Morgan fingerprint density at radius 1 is 1.33 bits per heavy atom. The van der Waals surface area contributed by atoms with Gasteiger partial charge in [0.15, 0.2) is 0 Å². The maximum absolute atomic E-state index is 13.4. The van der Waals surface area contributed by atoms with Gasteiger partial charge in [-0.3, -0.25) is 10.1 Å². The van der Waals surface area contributed by atoms with Crippen molar-refractivity contribution >= 4 is 5.69 Å². The van der Waals surface area contributed by atoms with Crippen molar-refractivity contribution in [1.82, 2.24) is 0 Å². The SMILES string of the molecule is O=[N+]([O-])c1ccc(OC2CC3CCC2C3)cc1F. The van der Waals surface area contributed by atoms with E-state index in [9.17, 15) is 14.5 Å². The first kappa shape index (κ1) is 11.4. The number of ether oxygens (including phenoxy) is 1. The van der Waals surface area contributed by atoms with Crippen LogP contribution in [0.25, 0.3) is 0 Å². The van der Waals surface area contributed by atoms with E-state index in [1.165, 1.54) is 25.3 Å². The third-order valence-electron chi connectivity index (χ3n) is 4.08. The van der Waals surface area contributed by atoms with Gasteiger partial charge in [0.1, 0.15) is 11.9 Å². The second kappa shape index (κ2) is 4.23. The fourth-order valence-corrected chi connectivity index (χ4v) is 3.21. The highest BCUT2D eigenvalue weighted by Crippen LogP contribution is 2.46. The third-order valence-corrected chi connectivity index (χ3v) is 4.08. The molecular formula is C13H14FNO3. The number of rotatable bonds is 3. The number of halogens is 1. The van der Waals surface area contributed by atoms with Gasteiger partial charge in [-0.2, -0.15) is 4.39 Å². The molecule has 0 aromatic heterocycles. The number of nitro groups is 1. The summed E-state index contributed by atoms with van der Waals surface area (Å²) in [5.74, 6) is 0.896. The molecule has 2 aliphatic carbocycles. The van der Waals surface area contributed by atoms with Gasteiger partial charge in [-0.15, -0.1) is 0 Å². The summed E-state index contributed by atoms with van der Waals surface area (Å²) in [7, 11) is 0. The third kappa shape index (κ3) is 1.94. The number of hydrogen-bond donors (Lipinski definition) is 0. The molecule has 1 aromatic carbocycles. The van der Waals surface area contributed by atoms with Gasteiger partial charge in [-0.25, -0.2) is 0 Å². The summed E-state index contributed by atoms with van der Waals surface area (Å²) in [6, 6.07) is 3.76. The van der Waals surface area contributed by atoms with Gasteiger partial charge in [-0.05, 0) is 43.6 Å². The highest BCUT2D eigenvalue weighted by atomic mass is 19.1. The molecule has 2 fully saturated rings. The zero-order valence-corrected chi connectivity index (χ0v) is 9.84. The molecule has 18 heavy (non-hydrogen) atoms. The summed E-state index contributed by atoms with van der Waals surface area (Å²) in [5.41, 5.74) is -0.504. The summed E-state index contributed by atoms with van der Waals surface area (Å²) < 4.78 is 19.2. The van der Waals surface area contributed by atoms with Crippen molar-refractivity contribution in [2.45, 2.75) is 31.8 Å². The highest BCUT2D eigenvalue weighted by Gasteiger charge is 2.41. The molecule has 3 rings (SSSR count). The Morgan fingerprint density at radius 3 is 2.72 bits per heavy atom. The van der Waals surface area contributed by atoms with Crippen LogP contribution in [0.4, 0.5) is 10.1 Å². The lowest BCUT2D eigenvalue weighted by Crippen LogP contribution is -2.23. The van der Waals surface area contributed by atoms with E-state index in [1.807, 2.05) is 0 Å². The largest absolute Gasteiger partial charge is 0.490 e. The normalized spacial score (nSPS) is 29.5. The average Bonchev–Trinajstić information content (AvgIpc) is 2.90. The van der Waals surface area contributed by atoms with Crippen molar-refractivity contribution in [1.29, 1.82) is 0 Å². The fraction of sp³-hybridized carbons (Fsp3) is 0.538. The van der Waals surface area contributed by atoms with Gasteiger partial charge in [0, 0.05) is 12.1 Å². The minimum absolute atomic E-state index is 0.157. The Bertz CT molecular complexity index is 491. The second-order valence-electron chi connectivity index (χ2n) is 5.20. The minimum atomic E-state index is -0.833. The van der Waals surface area contributed by atoms with Gasteiger partial charge in [0.05, 0.1) is 4.92 Å². The lowest BCUT2D eigenvalue weighted by molar-refractivity contribution is -0.387. The molecule has 1 aromatic rings. The van der Waals surface area contributed by atoms with Gasteiger partial charge in [0.25, 0.3) is 0 Å². The van der Waals surface area contributed by atoms with E-state index in [0.717, 1.165) is 24.5 Å². The molecule has 0 saturated heterocycles. The predicted octanol–water partition coefficient (Wildman–Crippen LogP) is 3.30. The Balaban J connectivity index is 1.74. The summed E-state index contributed by atoms with van der Waals surface area (Å²) in [5, 5.41) is 10.5. The van der Waals surface area contributed by atoms with E-state index in [4.69, 9.17) is 4.74 Å². The van der Waals surface area contributed by atoms with E-state index in [2.05, 4.69) is 0 Å². The fourth-order valence-electron chi connectivity index (χ4n) is 3.21. The highest BCUT2D eigenvalue weighted by molar-refractivity contribution is 5.38. The van der Waals surface area contributed by atoms with Crippen LogP contribution in [0.5, 0.6) is 5.75 Å². The number of benzene rings is 1. The van der Waals surface area contributed by atoms with Crippen LogP contribution in [-0.2, 0) is 0 Å². The van der Waals surface area contributed by atoms with Gasteiger partial charge >= 0.3 is 5.69 Å². The molecule has 0 N–H and O–H groups in total. The Labute approximate surface area is 104 Å². The molecule has 3 atom stereocenters. The van der Waals surface area contributed by atoms with Gasteiger partial charge in [-0.1, -0.05) is 0 Å². The van der Waals surface area contributed by atoms with Crippen LogP contribution < -0.4 is 4.74 Å². The zero-order valence-electron chi connectivity index (χ0n) is 9.84. The monoisotopic (exact) mass is 251 g/mol. The first-order valence-corrected chi connectivity index (χ1v) is 6.24. The standard InChI is InChI=1S/C13H14FNO3/c14-11-7-10(3-4-12(11)15(16)17)18-13-6-8-1-2-9(13)5-8/h3-4,7-9,13H,1-2,5-6H2. The van der Waals surface area contributed by atoms with Crippen LogP contribution in [0, 0.1) is 27.8 Å². The molecule has 5 heteroatoms. The molecule has 0 radical (unpaired) electrons. The van der Waals surface area contributed by atoms with Crippen molar-refractivity contribution in [3.05, 3.63) is 34.1 Å². The van der Waals surface area contributed by atoms with E-state index in [-0.39, 0.29) is 6.10 Å². The van der Waals surface area contributed by atoms with Crippen LogP contribution in [0.1, 0.15) is 25.7 Å². The van der Waals surface area contributed by atoms with Crippen molar-refractivity contribution < 1.29 is 14.1 Å². The molecule has 96 valence electrons. The van der Waals surface area contributed by atoms with Crippen molar-refractivity contribution in [2.75, 3.05) is 0 Å². The zero-order chi connectivity index (χ0) is 12.7. The maximum Gasteiger partial charge on any atom is 0.305 e. The molecular weight excluding hydrogens is 237 g/mol. The molecule has 0 spiro atoms. The summed E-state index contributed by atoms with van der Waals surface area (Å²) in [6.07, 6.45) is 4.86. The Morgan fingerprint density at radius 2 is 2.17 bits per heavy atom. The van der Waals surface area contributed by atoms with Crippen LogP contribution in [0.3, 0.4) is 0 Å². The molecule has 2 saturated carbocycles. The first-order chi connectivity index (χ1) is 8.63. The average molecular weight is 251 g/mol. The minimum Gasteiger partial charge on any atom is -0.490 e. The topological polar surface area (TPSA) is 52.4 Å². The number of hydrogen-bond acceptors (Lipinski definition) is 3. The quantitative estimate of drug-likeness (QED) is 0.611. The Hall–Kier alpha value is -1.65. The van der Waals surface area contributed by atoms with E-state index in [0.29, 0.717) is 11.7 Å². The first-order valence-electron chi connectivity index (χ1n) is 6.24. The molecule has 3 unspecified atom stereocenters. The van der Waals surface area contributed by atoms with Crippen molar-refractivity contribution in [3.8, 4) is 5.75 Å². The van der Waals surface area contributed by atoms with Crippen LogP contribution in [0.15, 0.2) is 18.2 Å². The Kier molecular flexibility index (Phi) is 2.69. The van der Waals surface area contributed by atoms with Crippen LogP contribution >= 0.6 is 0 Å². The summed E-state index contributed by atoms with van der Waals surface area (Å²) in [4.78, 5) is 9.78. The van der Waals surface area contributed by atoms with Crippen molar-refractivity contribution in [3.63, 3.8) is 0 Å². The lowest BCUT2D eigenvalue weighted by atomic mass is 9.98. The van der Waals surface area contributed by atoms with E-state index < -0.39 is 16.4 Å². The number of nitro benzene ring substituents is 1. The summed E-state index contributed by atoms with van der Waals surface area (Å²) in [6.45, 7) is 0. The molecule has 2 aliphatic rings. The second-order valence-corrected chi connectivity index (χ2v) is 5.20. The number of nitrogens with zero attached hydrogens (tertiary/aromatic N) is 1. The van der Waals surface area contributed by atoms with Crippen LogP contribution in [-0.4, -0.2) is 11.0 Å². The van der Waals surface area contributed by atoms with Gasteiger partial charge < -0.3 is 4.74 Å². The maximum atomic E-state index is 13.4. The van der Waals surface area contributed by atoms with Crippen molar-refractivity contribution in [2.24, 2.45) is 11.8 Å². The number of fused-ring (bicyclic) bond motifs is 2. The van der Waals surface area contributed by atoms with E-state index in [1.54, 1.807) is 0 Å². The smallest absolute Gasteiger partial charge is 0.305 e. The lowest BCUT2D eigenvalue weighted by Gasteiger charge is -2.23. The molecule has 0 aliphatic heterocycles. The molecule has 0 heterocycles. The van der Waals surface area contributed by atoms with E-state index >= 15 is 0 Å². The molecule has 0 amide bonds. The predicted molar refractivity (Wildman–Crippen MR) is 62.9 cm³/mol. The molecule has 2 bridgehead atoms. The molecule has 4 nitrogen and oxygen atoms in total.